The quantitative estimate of drug-likeness (QED) is 0.812. The predicted octanol–water partition coefficient (Wildman–Crippen LogP) is 0.796. The van der Waals surface area contributed by atoms with E-state index in [4.69, 9.17) is 4.74 Å². The average molecular weight is 348 g/mol. The first-order chi connectivity index (χ1) is 10.5. The van der Waals surface area contributed by atoms with Crippen molar-refractivity contribution in [1.82, 2.24) is 18.8 Å². The molecular formula is C14H28N4O4S. The fraction of sp³-hybridized carbons (Fsp3) is 0.786. The molecule has 1 saturated heterocycles. The van der Waals surface area contributed by atoms with Crippen LogP contribution in [0.3, 0.4) is 0 Å². The summed E-state index contributed by atoms with van der Waals surface area (Å²) in [6.45, 7) is 8.32. The van der Waals surface area contributed by atoms with Gasteiger partial charge in [-0.3, -0.25) is 4.31 Å². The molecule has 0 saturated carbocycles. The first-order valence-electron chi connectivity index (χ1n) is 7.54. The summed E-state index contributed by atoms with van der Waals surface area (Å²) in [4.78, 5) is 13.5. The van der Waals surface area contributed by atoms with Crippen LogP contribution < -0.4 is 5.32 Å². The number of carbonyl (C=O) groups excluding carboxylic acids is 1. The lowest BCUT2D eigenvalue weighted by molar-refractivity contribution is 0.0191. The fourth-order valence-electron chi connectivity index (χ4n) is 2.01. The highest BCUT2D eigenvalue weighted by Gasteiger charge is 2.32. The van der Waals surface area contributed by atoms with Gasteiger partial charge in [-0.2, -0.15) is 12.7 Å². The predicted molar refractivity (Wildman–Crippen MR) is 88.9 cm³/mol. The topological polar surface area (TPSA) is 82.2 Å². The molecule has 0 aliphatic carbocycles. The van der Waals surface area contributed by atoms with E-state index in [1.54, 1.807) is 34.7 Å². The molecule has 1 aliphatic heterocycles. The molecule has 23 heavy (non-hydrogen) atoms. The second kappa shape index (κ2) is 7.39. The van der Waals surface area contributed by atoms with E-state index in [-0.39, 0.29) is 13.1 Å². The van der Waals surface area contributed by atoms with Crippen LogP contribution in [-0.4, -0.2) is 73.9 Å². The van der Waals surface area contributed by atoms with Gasteiger partial charge >= 0.3 is 16.3 Å². The molecule has 0 aromatic rings. The minimum atomic E-state index is -3.58. The highest BCUT2D eigenvalue weighted by molar-refractivity contribution is 7.86. The third kappa shape index (κ3) is 5.58. The van der Waals surface area contributed by atoms with Crippen molar-refractivity contribution in [2.24, 2.45) is 0 Å². The van der Waals surface area contributed by atoms with E-state index in [9.17, 15) is 13.2 Å². The molecule has 0 unspecified atom stereocenters. The monoisotopic (exact) mass is 348 g/mol. The van der Waals surface area contributed by atoms with Gasteiger partial charge in [-0.05, 0) is 27.7 Å². The molecule has 1 aliphatic rings. The van der Waals surface area contributed by atoms with Crippen LogP contribution in [-0.2, 0) is 14.9 Å². The van der Waals surface area contributed by atoms with Crippen LogP contribution in [0.1, 0.15) is 27.7 Å². The van der Waals surface area contributed by atoms with Gasteiger partial charge in [-0.15, -0.1) is 0 Å². The Labute approximate surface area is 139 Å². The van der Waals surface area contributed by atoms with Gasteiger partial charge in [0.25, 0.3) is 0 Å². The van der Waals surface area contributed by atoms with E-state index in [0.29, 0.717) is 13.1 Å². The highest BCUT2D eigenvalue weighted by Crippen LogP contribution is 2.15. The third-order valence-electron chi connectivity index (χ3n) is 3.35. The Morgan fingerprint density at radius 2 is 1.74 bits per heavy atom. The summed E-state index contributed by atoms with van der Waals surface area (Å²) < 4.78 is 32.8. The van der Waals surface area contributed by atoms with Crippen LogP contribution in [0.25, 0.3) is 0 Å². The van der Waals surface area contributed by atoms with E-state index < -0.39 is 21.9 Å². The number of nitrogens with one attached hydrogen (secondary N) is 1. The molecule has 1 amide bonds. The second-order valence-corrected chi connectivity index (χ2v) is 8.44. The van der Waals surface area contributed by atoms with Crippen molar-refractivity contribution < 1.29 is 17.9 Å². The largest absolute Gasteiger partial charge is 0.444 e. The molecule has 1 rings (SSSR count). The number of nitrogens with zero attached hydrogens (tertiary/aromatic N) is 3. The molecule has 9 heteroatoms. The molecule has 0 aromatic heterocycles. The first kappa shape index (κ1) is 19.6. The van der Waals surface area contributed by atoms with Crippen molar-refractivity contribution in [3.63, 3.8) is 0 Å². The van der Waals surface area contributed by atoms with E-state index in [2.05, 4.69) is 5.32 Å². The second-order valence-electron chi connectivity index (χ2n) is 6.45. The lowest BCUT2D eigenvalue weighted by Gasteiger charge is -2.36. The molecule has 0 radical (unpaired) electrons. The van der Waals surface area contributed by atoms with E-state index in [1.807, 2.05) is 0 Å². The van der Waals surface area contributed by atoms with Crippen LogP contribution in [0.5, 0.6) is 0 Å². The van der Waals surface area contributed by atoms with Gasteiger partial charge < -0.3 is 15.0 Å². The normalized spacial score (nSPS) is 17.8. The Morgan fingerprint density at radius 1 is 1.22 bits per heavy atom. The minimum absolute atomic E-state index is 0.248. The van der Waals surface area contributed by atoms with Gasteiger partial charge in [-0.1, -0.05) is 0 Å². The molecule has 1 heterocycles. The van der Waals surface area contributed by atoms with Crippen molar-refractivity contribution >= 4 is 16.3 Å². The number of carbonyl (C=O) groups is 1. The molecule has 1 N–H and O–H groups in total. The standard InChI is InChI=1S/C14H28N4O4S/c1-12(15-5)11-16(6)23(20,21)18-9-7-17(8-10-18)13(19)22-14(2,3)4/h11,15H,7-10H2,1-6H3/b12-11-. The summed E-state index contributed by atoms with van der Waals surface area (Å²) in [5.74, 6) is 0. The van der Waals surface area contributed by atoms with Crippen LogP contribution in [0.2, 0.25) is 0 Å². The van der Waals surface area contributed by atoms with Crippen molar-refractivity contribution in [2.75, 3.05) is 40.3 Å². The summed E-state index contributed by atoms with van der Waals surface area (Å²) in [6.07, 6.45) is 1.11. The zero-order valence-corrected chi connectivity index (χ0v) is 15.6. The number of piperazine rings is 1. The van der Waals surface area contributed by atoms with Crippen LogP contribution >= 0.6 is 0 Å². The van der Waals surface area contributed by atoms with Gasteiger partial charge in [0.15, 0.2) is 0 Å². The van der Waals surface area contributed by atoms with Gasteiger partial charge in [0.2, 0.25) is 0 Å². The fourth-order valence-corrected chi connectivity index (χ4v) is 3.29. The molecule has 0 bridgehead atoms. The third-order valence-corrected chi connectivity index (χ3v) is 5.20. The lowest BCUT2D eigenvalue weighted by atomic mass is 10.2. The molecular weight excluding hydrogens is 320 g/mol. The van der Waals surface area contributed by atoms with E-state index in [0.717, 1.165) is 5.70 Å². The maximum atomic E-state index is 12.5. The summed E-state index contributed by atoms with van der Waals surface area (Å²) in [5.41, 5.74) is 0.180. The van der Waals surface area contributed by atoms with Crippen molar-refractivity contribution in [3.05, 3.63) is 11.9 Å². The Kier molecular flexibility index (Phi) is 6.29. The van der Waals surface area contributed by atoms with Crippen LogP contribution in [0.4, 0.5) is 4.79 Å². The van der Waals surface area contributed by atoms with Crippen LogP contribution in [0, 0.1) is 0 Å². The molecule has 8 nitrogen and oxygen atoms in total. The van der Waals surface area contributed by atoms with Crippen molar-refractivity contribution in [3.8, 4) is 0 Å². The molecule has 0 atom stereocenters. The molecule has 1 fully saturated rings. The van der Waals surface area contributed by atoms with Crippen molar-refractivity contribution in [1.29, 1.82) is 0 Å². The summed E-state index contributed by atoms with van der Waals surface area (Å²) >= 11 is 0. The van der Waals surface area contributed by atoms with Gasteiger partial charge in [0.1, 0.15) is 5.60 Å². The van der Waals surface area contributed by atoms with Gasteiger partial charge in [0.05, 0.1) is 0 Å². The van der Waals surface area contributed by atoms with Crippen LogP contribution in [0.15, 0.2) is 11.9 Å². The van der Waals surface area contributed by atoms with Gasteiger partial charge in [-0.25, -0.2) is 4.79 Å². The highest BCUT2D eigenvalue weighted by atomic mass is 32.2. The molecule has 134 valence electrons. The molecule has 0 spiro atoms. The smallest absolute Gasteiger partial charge is 0.410 e. The maximum absolute atomic E-state index is 12.5. The van der Waals surface area contributed by atoms with E-state index in [1.165, 1.54) is 26.8 Å². The average Bonchev–Trinajstić information content (AvgIpc) is 2.45. The summed E-state index contributed by atoms with van der Waals surface area (Å²) in [6, 6.07) is 0. The number of hydrogen-bond donors (Lipinski definition) is 1. The van der Waals surface area contributed by atoms with Gasteiger partial charge in [0, 0.05) is 52.2 Å². The number of hydrogen-bond acceptors (Lipinski definition) is 5. The Balaban J connectivity index is 2.67. The Bertz CT molecular complexity index is 546. The summed E-state index contributed by atoms with van der Waals surface area (Å²) in [7, 11) is -0.355. The Hall–Kier alpha value is -1.48. The Morgan fingerprint density at radius 3 is 2.17 bits per heavy atom. The maximum Gasteiger partial charge on any atom is 0.410 e. The zero-order chi connectivity index (χ0) is 17.8. The van der Waals surface area contributed by atoms with E-state index >= 15 is 0 Å². The summed E-state index contributed by atoms with van der Waals surface area (Å²) in [5, 5.41) is 2.88. The zero-order valence-electron chi connectivity index (χ0n) is 14.8. The SMILES string of the molecule is CN/C(C)=C\N(C)S(=O)(=O)N1CCN(C(=O)OC(C)(C)C)CC1. The number of rotatable bonds is 4. The number of amides is 1. The number of allylic oxidation sites excluding steroid dienone is 1. The first-order valence-corrected chi connectivity index (χ1v) is 8.94. The number of ether oxygens (including phenoxy) is 1. The minimum Gasteiger partial charge on any atom is -0.444 e. The lowest BCUT2D eigenvalue weighted by Crippen LogP contribution is -2.53. The molecule has 0 aromatic carbocycles. The van der Waals surface area contributed by atoms with Crippen molar-refractivity contribution in [2.45, 2.75) is 33.3 Å².